The lowest BCUT2D eigenvalue weighted by Gasteiger charge is -2.13. The van der Waals surface area contributed by atoms with Crippen molar-refractivity contribution in [2.45, 2.75) is 19.3 Å². The summed E-state index contributed by atoms with van der Waals surface area (Å²) in [5.74, 6) is 1.79. The largest absolute Gasteiger partial charge is 0.316 e. The average molecular weight is 342 g/mol. The minimum atomic E-state index is 0. The first-order valence-electron chi connectivity index (χ1n) is 8.03. The number of benzene rings is 1. The molecule has 0 saturated carbocycles. The maximum atomic E-state index is 4.85. The van der Waals surface area contributed by atoms with Crippen LogP contribution in [0.25, 0.3) is 5.82 Å². The lowest BCUT2D eigenvalue weighted by molar-refractivity contribution is 0.707. The molecule has 4 rings (SSSR count). The number of hydrogen-bond donors (Lipinski definition) is 1. The Hall–Kier alpha value is -2.24. The second-order valence-electron chi connectivity index (χ2n) is 5.75. The Morgan fingerprint density at radius 3 is 2.62 bits per heavy atom. The first-order valence-corrected chi connectivity index (χ1v) is 8.03. The fourth-order valence-corrected chi connectivity index (χ4v) is 3.02. The molecule has 0 atom stereocenters. The molecule has 6 heteroatoms. The van der Waals surface area contributed by atoms with Crippen molar-refractivity contribution in [2.24, 2.45) is 0 Å². The predicted molar refractivity (Wildman–Crippen MR) is 95.9 cm³/mol. The predicted octanol–water partition coefficient (Wildman–Crippen LogP) is 2.36. The van der Waals surface area contributed by atoms with Crippen molar-refractivity contribution in [3.8, 4) is 5.82 Å². The van der Waals surface area contributed by atoms with Gasteiger partial charge in [0.05, 0.1) is 5.69 Å². The van der Waals surface area contributed by atoms with Gasteiger partial charge in [-0.25, -0.2) is 14.6 Å². The maximum absolute atomic E-state index is 4.85. The maximum Gasteiger partial charge on any atom is 0.160 e. The highest BCUT2D eigenvalue weighted by molar-refractivity contribution is 5.85. The van der Waals surface area contributed by atoms with E-state index in [1.807, 2.05) is 23.0 Å². The molecular formula is C18H20ClN5. The second kappa shape index (κ2) is 7.55. The summed E-state index contributed by atoms with van der Waals surface area (Å²) in [5, 5.41) is 7.82. The molecule has 3 aromatic rings. The molecule has 0 fully saturated rings. The monoisotopic (exact) mass is 341 g/mol. The van der Waals surface area contributed by atoms with Crippen molar-refractivity contribution in [1.29, 1.82) is 0 Å². The molecule has 0 unspecified atom stereocenters. The van der Waals surface area contributed by atoms with Gasteiger partial charge in [0.15, 0.2) is 5.82 Å². The van der Waals surface area contributed by atoms with Gasteiger partial charge in [-0.05, 0) is 24.6 Å². The first kappa shape index (κ1) is 16.6. The summed E-state index contributed by atoms with van der Waals surface area (Å²) in [5.41, 5.74) is 3.60. The summed E-state index contributed by atoms with van der Waals surface area (Å²) in [6.07, 6.45) is 6.37. The summed E-state index contributed by atoms with van der Waals surface area (Å²) < 4.78 is 1.86. The summed E-state index contributed by atoms with van der Waals surface area (Å²) in [6, 6.07) is 12.3. The molecule has 1 aromatic carbocycles. The van der Waals surface area contributed by atoms with Crippen LogP contribution in [0.4, 0.5) is 0 Å². The molecule has 0 aliphatic carbocycles. The average Bonchev–Trinajstić information content (AvgIpc) is 3.01. The van der Waals surface area contributed by atoms with Gasteiger partial charge in [0, 0.05) is 37.3 Å². The fourth-order valence-electron chi connectivity index (χ4n) is 3.02. The van der Waals surface area contributed by atoms with Gasteiger partial charge in [0.1, 0.15) is 5.82 Å². The van der Waals surface area contributed by atoms with Crippen LogP contribution in [-0.2, 0) is 19.3 Å². The zero-order chi connectivity index (χ0) is 15.5. The third-order valence-electron chi connectivity index (χ3n) is 4.13. The van der Waals surface area contributed by atoms with E-state index < -0.39 is 0 Å². The molecule has 3 heterocycles. The molecule has 1 aliphatic rings. The number of fused-ring (bicyclic) bond motifs is 1. The highest BCUT2D eigenvalue weighted by Gasteiger charge is 2.18. The van der Waals surface area contributed by atoms with Gasteiger partial charge in [-0.3, -0.25) is 0 Å². The quantitative estimate of drug-likeness (QED) is 0.794. The Morgan fingerprint density at radius 1 is 1.00 bits per heavy atom. The van der Waals surface area contributed by atoms with Gasteiger partial charge in [0.25, 0.3) is 0 Å². The molecule has 2 aromatic heterocycles. The third-order valence-corrected chi connectivity index (χ3v) is 4.13. The van der Waals surface area contributed by atoms with Crippen molar-refractivity contribution in [3.05, 3.63) is 71.4 Å². The van der Waals surface area contributed by atoms with E-state index in [1.165, 1.54) is 11.1 Å². The van der Waals surface area contributed by atoms with Gasteiger partial charge >= 0.3 is 0 Å². The SMILES string of the molecule is Cl.c1ccc(Cc2nc3c(c(-n4cccn4)n2)CCNCC3)cc1. The van der Waals surface area contributed by atoms with Gasteiger partial charge in [-0.15, -0.1) is 12.4 Å². The zero-order valence-electron chi connectivity index (χ0n) is 13.4. The summed E-state index contributed by atoms with van der Waals surface area (Å²) in [7, 11) is 0. The number of rotatable bonds is 3. The molecule has 0 spiro atoms. The Bertz CT molecular complexity index is 787. The van der Waals surface area contributed by atoms with Crippen molar-refractivity contribution in [3.63, 3.8) is 0 Å². The summed E-state index contributed by atoms with van der Waals surface area (Å²) in [4.78, 5) is 9.67. The van der Waals surface area contributed by atoms with Gasteiger partial charge in [-0.2, -0.15) is 5.10 Å². The van der Waals surface area contributed by atoms with Crippen molar-refractivity contribution in [1.82, 2.24) is 25.1 Å². The van der Waals surface area contributed by atoms with Gasteiger partial charge in [-0.1, -0.05) is 30.3 Å². The van der Waals surface area contributed by atoms with Crippen LogP contribution in [0.15, 0.2) is 48.8 Å². The standard InChI is InChI=1S/C18H19N5.ClH/c1-2-5-14(6-3-1)13-17-21-16-8-11-19-10-7-15(16)18(22-17)23-12-4-9-20-23;/h1-6,9,12,19H,7-8,10-11,13H2;1H. The van der Waals surface area contributed by atoms with Crippen LogP contribution in [0.1, 0.15) is 22.6 Å². The van der Waals surface area contributed by atoms with Gasteiger partial charge < -0.3 is 5.32 Å². The molecule has 0 amide bonds. The van der Waals surface area contributed by atoms with Crippen LogP contribution >= 0.6 is 12.4 Å². The smallest absolute Gasteiger partial charge is 0.160 e. The Balaban J connectivity index is 0.00000169. The minimum Gasteiger partial charge on any atom is -0.316 e. The summed E-state index contributed by atoms with van der Waals surface area (Å²) >= 11 is 0. The number of nitrogens with zero attached hydrogens (tertiary/aromatic N) is 4. The molecule has 0 radical (unpaired) electrons. The highest BCUT2D eigenvalue weighted by atomic mass is 35.5. The number of nitrogens with one attached hydrogen (secondary N) is 1. The Labute approximate surface area is 147 Å². The van der Waals surface area contributed by atoms with E-state index >= 15 is 0 Å². The Morgan fingerprint density at radius 2 is 1.83 bits per heavy atom. The normalized spacial score (nSPS) is 13.7. The van der Waals surface area contributed by atoms with Crippen LogP contribution in [0.2, 0.25) is 0 Å². The van der Waals surface area contributed by atoms with E-state index in [-0.39, 0.29) is 12.4 Å². The van der Waals surface area contributed by atoms with E-state index in [4.69, 9.17) is 9.97 Å². The molecule has 24 heavy (non-hydrogen) atoms. The van der Waals surface area contributed by atoms with E-state index in [9.17, 15) is 0 Å². The Kier molecular flexibility index (Phi) is 5.23. The van der Waals surface area contributed by atoms with Crippen molar-refractivity contribution >= 4 is 12.4 Å². The van der Waals surface area contributed by atoms with E-state index in [0.29, 0.717) is 0 Å². The van der Waals surface area contributed by atoms with Crippen LogP contribution < -0.4 is 5.32 Å². The highest BCUT2D eigenvalue weighted by Crippen LogP contribution is 2.19. The van der Waals surface area contributed by atoms with E-state index in [0.717, 1.165) is 49.7 Å². The van der Waals surface area contributed by atoms with Crippen LogP contribution in [0, 0.1) is 0 Å². The second-order valence-corrected chi connectivity index (χ2v) is 5.75. The topological polar surface area (TPSA) is 55.6 Å². The minimum absolute atomic E-state index is 0. The number of aromatic nitrogens is 4. The molecular weight excluding hydrogens is 322 g/mol. The summed E-state index contributed by atoms with van der Waals surface area (Å²) in [6.45, 7) is 1.93. The van der Waals surface area contributed by atoms with Gasteiger partial charge in [0.2, 0.25) is 0 Å². The third kappa shape index (κ3) is 3.47. The van der Waals surface area contributed by atoms with Crippen LogP contribution in [-0.4, -0.2) is 32.8 Å². The number of halogens is 1. The van der Waals surface area contributed by atoms with E-state index in [1.54, 1.807) is 6.20 Å². The lowest BCUT2D eigenvalue weighted by Crippen LogP contribution is -2.16. The van der Waals surface area contributed by atoms with E-state index in [2.05, 4.69) is 34.7 Å². The zero-order valence-corrected chi connectivity index (χ0v) is 14.2. The van der Waals surface area contributed by atoms with Crippen molar-refractivity contribution < 1.29 is 0 Å². The van der Waals surface area contributed by atoms with Crippen LogP contribution in [0.5, 0.6) is 0 Å². The van der Waals surface area contributed by atoms with Crippen LogP contribution in [0.3, 0.4) is 0 Å². The molecule has 5 nitrogen and oxygen atoms in total. The molecule has 1 N–H and O–H groups in total. The molecule has 0 saturated heterocycles. The molecule has 1 aliphatic heterocycles. The molecule has 124 valence electrons. The molecule has 0 bridgehead atoms. The van der Waals surface area contributed by atoms with Crippen molar-refractivity contribution in [2.75, 3.05) is 13.1 Å². The lowest BCUT2D eigenvalue weighted by atomic mass is 10.1. The first-order chi connectivity index (χ1) is 11.4. The fraction of sp³-hybridized carbons (Fsp3) is 0.278. The number of hydrogen-bond acceptors (Lipinski definition) is 4.